The molecule has 0 aliphatic carbocycles. The van der Waals surface area contributed by atoms with Gasteiger partial charge in [-0.3, -0.25) is 0 Å². The molecule has 0 radical (unpaired) electrons. The molecule has 0 saturated carbocycles. The van der Waals surface area contributed by atoms with Crippen molar-refractivity contribution in [1.82, 2.24) is 10.2 Å². The molecule has 0 aromatic carbocycles. The van der Waals surface area contributed by atoms with Gasteiger partial charge in [0.05, 0.1) is 37.9 Å². The van der Waals surface area contributed by atoms with Gasteiger partial charge in [0.25, 0.3) is 0 Å². The first-order valence-corrected chi connectivity index (χ1v) is 5.60. The maximum Gasteiger partial charge on any atom is 0.318 e. The first-order chi connectivity index (χ1) is 8.04. The minimum Gasteiger partial charge on any atom is -0.407 e. The average Bonchev–Trinajstić information content (AvgIpc) is 2.75. The first-order valence-electron chi connectivity index (χ1n) is 5.60. The number of aliphatic hydroxyl groups is 1. The Morgan fingerprint density at radius 2 is 2.29 bits per heavy atom. The molecule has 7 nitrogen and oxygen atoms in total. The lowest BCUT2D eigenvalue weighted by molar-refractivity contribution is -0.102. The summed E-state index contributed by atoms with van der Waals surface area (Å²) in [5.41, 5.74) is 5.06. The van der Waals surface area contributed by atoms with Crippen molar-refractivity contribution >= 4 is 6.01 Å². The van der Waals surface area contributed by atoms with Crippen LogP contribution in [0.3, 0.4) is 0 Å². The molecule has 3 N–H and O–H groups in total. The highest BCUT2D eigenvalue weighted by molar-refractivity contribution is 5.27. The van der Waals surface area contributed by atoms with Crippen molar-refractivity contribution in [3.8, 4) is 0 Å². The summed E-state index contributed by atoms with van der Waals surface area (Å²) in [7, 11) is 0. The van der Waals surface area contributed by atoms with Crippen molar-refractivity contribution < 1.29 is 14.3 Å². The van der Waals surface area contributed by atoms with E-state index in [2.05, 4.69) is 10.2 Å². The Morgan fingerprint density at radius 3 is 2.88 bits per heavy atom. The van der Waals surface area contributed by atoms with Crippen LogP contribution in [0.15, 0.2) is 4.42 Å². The van der Waals surface area contributed by atoms with Gasteiger partial charge in [0, 0.05) is 0 Å². The van der Waals surface area contributed by atoms with Crippen LogP contribution in [0.2, 0.25) is 0 Å². The molecule has 0 spiro atoms. The lowest BCUT2D eigenvalue weighted by Crippen LogP contribution is -2.54. The van der Waals surface area contributed by atoms with E-state index < -0.39 is 0 Å². The minimum absolute atomic E-state index is 0.0299. The summed E-state index contributed by atoms with van der Waals surface area (Å²) in [5, 5.41) is 17.0. The van der Waals surface area contributed by atoms with Crippen LogP contribution in [-0.4, -0.2) is 46.7 Å². The van der Waals surface area contributed by atoms with Crippen LogP contribution < -0.4 is 10.6 Å². The Kier molecular flexibility index (Phi) is 3.32. The SMILES string of the molecule is CC1(C)CN(c2nnc(CN)o2)CC(CO)O1. The van der Waals surface area contributed by atoms with Gasteiger partial charge >= 0.3 is 6.01 Å². The van der Waals surface area contributed by atoms with E-state index in [1.54, 1.807) is 0 Å². The highest BCUT2D eigenvalue weighted by Crippen LogP contribution is 2.24. The highest BCUT2D eigenvalue weighted by Gasteiger charge is 2.35. The largest absolute Gasteiger partial charge is 0.407 e. The van der Waals surface area contributed by atoms with Crippen LogP contribution in [0.4, 0.5) is 6.01 Å². The van der Waals surface area contributed by atoms with Gasteiger partial charge in [0.1, 0.15) is 0 Å². The third-order valence-electron chi connectivity index (χ3n) is 2.59. The van der Waals surface area contributed by atoms with Crippen molar-refractivity contribution in [2.75, 3.05) is 24.6 Å². The quantitative estimate of drug-likeness (QED) is 0.737. The standard InChI is InChI=1S/C10H18N4O3/c1-10(2)6-14(4-7(5-15)17-10)9-13-12-8(3-11)16-9/h7,15H,3-6,11H2,1-2H3. The van der Waals surface area contributed by atoms with Gasteiger partial charge in [-0.25, -0.2) is 0 Å². The summed E-state index contributed by atoms with van der Waals surface area (Å²) in [5.74, 6) is 0.407. The second kappa shape index (κ2) is 4.59. The van der Waals surface area contributed by atoms with Crippen LogP contribution in [0, 0.1) is 0 Å². The summed E-state index contributed by atoms with van der Waals surface area (Å²) in [6.07, 6.45) is -0.244. The molecule has 2 rings (SSSR count). The van der Waals surface area contributed by atoms with Gasteiger partial charge in [0.2, 0.25) is 5.89 Å². The number of nitrogens with two attached hydrogens (primary N) is 1. The molecule has 0 bridgehead atoms. The second-order valence-electron chi connectivity index (χ2n) is 4.75. The molecule has 1 saturated heterocycles. The molecular weight excluding hydrogens is 224 g/mol. The molecule has 1 fully saturated rings. The molecule has 1 aliphatic rings. The van der Waals surface area contributed by atoms with Crippen molar-refractivity contribution in [1.29, 1.82) is 0 Å². The smallest absolute Gasteiger partial charge is 0.318 e. The van der Waals surface area contributed by atoms with E-state index in [9.17, 15) is 5.11 Å². The summed E-state index contributed by atoms with van der Waals surface area (Å²) < 4.78 is 11.1. The number of aromatic nitrogens is 2. The van der Waals surface area contributed by atoms with Gasteiger partial charge in [-0.15, -0.1) is 5.10 Å². The molecule has 2 heterocycles. The van der Waals surface area contributed by atoms with Crippen LogP contribution in [0.25, 0.3) is 0 Å². The van der Waals surface area contributed by atoms with E-state index in [1.807, 2.05) is 18.7 Å². The fourth-order valence-corrected chi connectivity index (χ4v) is 1.99. The van der Waals surface area contributed by atoms with Gasteiger partial charge in [-0.1, -0.05) is 5.10 Å². The predicted octanol–water partition coefficient (Wildman–Crippen LogP) is -0.496. The average molecular weight is 242 g/mol. The zero-order valence-corrected chi connectivity index (χ0v) is 10.1. The summed E-state index contributed by atoms with van der Waals surface area (Å²) >= 11 is 0. The zero-order valence-electron chi connectivity index (χ0n) is 10.1. The molecule has 17 heavy (non-hydrogen) atoms. The Morgan fingerprint density at radius 1 is 1.53 bits per heavy atom. The second-order valence-corrected chi connectivity index (χ2v) is 4.75. The number of ether oxygens (including phenoxy) is 1. The van der Waals surface area contributed by atoms with Crippen molar-refractivity contribution in [2.45, 2.75) is 32.1 Å². The number of nitrogens with zero attached hydrogens (tertiary/aromatic N) is 3. The Hall–Kier alpha value is -1.18. The molecule has 1 aliphatic heterocycles. The monoisotopic (exact) mass is 242 g/mol. The van der Waals surface area contributed by atoms with Crippen LogP contribution >= 0.6 is 0 Å². The minimum atomic E-state index is -0.358. The lowest BCUT2D eigenvalue weighted by Gasteiger charge is -2.41. The maximum absolute atomic E-state index is 9.20. The fourth-order valence-electron chi connectivity index (χ4n) is 1.99. The van der Waals surface area contributed by atoms with Crippen molar-refractivity contribution in [2.24, 2.45) is 5.73 Å². The molecule has 7 heteroatoms. The highest BCUT2D eigenvalue weighted by atomic mass is 16.5. The number of hydrogen-bond donors (Lipinski definition) is 2. The summed E-state index contributed by atoms with van der Waals surface area (Å²) in [6, 6.07) is 0.431. The third-order valence-corrected chi connectivity index (χ3v) is 2.59. The van der Waals surface area contributed by atoms with E-state index in [-0.39, 0.29) is 24.9 Å². The van der Waals surface area contributed by atoms with Crippen LogP contribution in [0.1, 0.15) is 19.7 Å². The molecule has 1 aromatic heterocycles. The maximum atomic E-state index is 9.20. The predicted molar refractivity (Wildman–Crippen MR) is 60.4 cm³/mol. The first kappa shape index (κ1) is 12.3. The fraction of sp³-hybridized carbons (Fsp3) is 0.800. The molecular formula is C10H18N4O3. The van der Waals surface area contributed by atoms with Crippen LogP contribution in [-0.2, 0) is 11.3 Å². The van der Waals surface area contributed by atoms with E-state index in [4.69, 9.17) is 14.9 Å². The van der Waals surface area contributed by atoms with E-state index in [1.165, 1.54) is 0 Å². The van der Waals surface area contributed by atoms with Gasteiger partial charge in [-0.2, -0.15) is 0 Å². The number of morpholine rings is 1. The normalized spacial score (nSPS) is 24.0. The molecule has 1 unspecified atom stereocenters. The lowest BCUT2D eigenvalue weighted by atomic mass is 10.1. The summed E-state index contributed by atoms with van der Waals surface area (Å²) in [6.45, 7) is 5.29. The van der Waals surface area contributed by atoms with Gasteiger partial charge in [-0.05, 0) is 13.8 Å². The third kappa shape index (κ3) is 2.74. The van der Waals surface area contributed by atoms with E-state index in [0.29, 0.717) is 25.0 Å². The molecule has 1 aromatic rings. The number of hydrogen-bond acceptors (Lipinski definition) is 7. The topological polar surface area (TPSA) is 97.6 Å². The molecule has 1 atom stereocenters. The van der Waals surface area contributed by atoms with E-state index >= 15 is 0 Å². The molecule has 0 amide bonds. The number of aliphatic hydroxyl groups excluding tert-OH is 1. The Bertz CT molecular complexity index is 379. The Labute approximate surface area is 99.6 Å². The summed E-state index contributed by atoms with van der Waals surface area (Å²) in [4.78, 5) is 1.91. The van der Waals surface area contributed by atoms with Gasteiger partial charge < -0.3 is 24.9 Å². The Balaban J connectivity index is 2.14. The van der Waals surface area contributed by atoms with Gasteiger partial charge in [0.15, 0.2) is 0 Å². The zero-order chi connectivity index (χ0) is 12.5. The van der Waals surface area contributed by atoms with Crippen molar-refractivity contribution in [3.63, 3.8) is 0 Å². The molecule has 96 valence electrons. The van der Waals surface area contributed by atoms with Crippen LogP contribution in [0.5, 0.6) is 0 Å². The van der Waals surface area contributed by atoms with Crippen molar-refractivity contribution in [3.05, 3.63) is 5.89 Å². The van der Waals surface area contributed by atoms with E-state index in [0.717, 1.165) is 0 Å². The number of rotatable bonds is 3. The number of anilines is 1.